The van der Waals surface area contributed by atoms with Crippen molar-refractivity contribution in [1.82, 2.24) is 15.1 Å². The molecule has 0 N–H and O–H groups in total. The van der Waals surface area contributed by atoms with Crippen LogP contribution in [0.5, 0.6) is 0 Å². The fourth-order valence-corrected chi connectivity index (χ4v) is 2.65. The average molecular weight is 356 g/mol. The molecule has 0 aliphatic carbocycles. The molecule has 2 aromatic rings. The summed E-state index contributed by atoms with van der Waals surface area (Å²) in [6.07, 6.45) is -4.36. The van der Waals surface area contributed by atoms with Gasteiger partial charge in [-0.3, -0.25) is 9.91 Å². The Morgan fingerprint density at radius 3 is 2.40 bits per heavy atom. The molecule has 5 nitrogen and oxygen atoms in total. The van der Waals surface area contributed by atoms with Crippen LogP contribution in [0.1, 0.15) is 11.3 Å². The molecule has 1 saturated heterocycles. The van der Waals surface area contributed by atoms with Crippen LogP contribution in [0.25, 0.3) is 11.3 Å². The number of benzene rings is 1. The summed E-state index contributed by atoms with van der Waals surface area (Å²) in [5.74, 6) is 0.623. The summed E-state index contributed by atoms with van der Waals surface area (Å²) < 4.78 is 55.1. The van der Waals surface area contributed by atoms with Crippen molar-refractivity contribution in [2.45, 2.75) is 12.7 Å². The largest absolute Gasteiger partial charge is 0.416 e. The summed E-state index contributed by atoms with van der Waals surface area (Å²) in [5.41, 5.74) is 0.350. The van der Waals surface area contributed by atoms with Crippen molar-refractivity contribution in [1.29, 1.82) is 0 Å². The molecule has 0 spiro atoms. The molecule has 0 atom stereocenters. The second-order valence-corrected chi connectivity index (χ2v) is 5.70. The van der Waals surface area contributed by atoms with Gasteiger partial charge in [-0.05, 0) is 12.1 Å². The minimum Gasteiger partial charge on any atom is -0.359 e. The first-order valence-corrected chi connectivity index (χ1v) is 7.69. The van der Waals surface area contributed by atoms with E-state index in [0.717, 1.165) is 12.1 Å². The SMILES string of the molecule is F/C=N/N1CCN(Cc2cc(-c3ccc(C(F)(F)F)cc3)no2)CC1. The van der Waals surface area contributed by atoms with E-state index in [9.17, 15) is 17.6 Å². The Kier molecular flexibility index (Phi) is 5.03. The number of hydrogen-bond acceptors (Lipinski definition) is 5. The minimum absolute atomic E-state index is 0.280. The van der Waals surface area contributed by atoms with Gasteiger partial charge in [0.05, 0.1) is 12.1 Å². The Labute approximate surface area is 141 Å². The van der Waals surface area contributed by atoms with E-state index in [0.29, 0.717) is 49.7 Å². The van der Waals surface area contributed by atoms with E-state index in [1.54, 1.807) is 11.1 Å². The minimum atomic E-state index is -4.36. The highest BCUT2D eigenvalue weighted by Crippen LogP contribution is 2.30. The topological polar surface area (TPSA) is 44.9 Å². The van der Waals surface area contributed by atoms with Gasteiger partial charge in [0, 0.05) is 37.8 Å². The molecule has 1 aromatic carbocycles. The van der Waals surface area contributed by atoms with E-state index >= 15 is 0 Å². The third-order valence-corrected chi connectivity index (χ3v) is 4.00. The van der Waals surface area contributed by atoms with Gasteiger partial charge >= 0.3 is 6.18 Å². The van der Waals surface area contributed by atoms with Crippen molar-refractivity contribution < 1.29 is 22.1 Å². The first-order chi connectivity index (χ1) is 12.0. The quantitative estimate of drug-likeness (QED) is 0.622. The van der Waals surface area contributed by atoms with E-state index in [1.807, 2.05) is 0 Å². The van der Waals surface area contributed by atoms with Gasteiger partial charge in [-0.1, -0.05) is 17.3 Å². The Bertz CT molecular complexity index is 718. The van der Waals surface area contributed by atoms with Crippen LogP contribution in [-0.4, -0.2) is 47.7 Å². The van der Waals surface area contributed by atoms with Crippen LogP contribution in [-0.2, 0) is 12.7 Å². The molecule has 1 aromatic heterocycles. The van der Waals surface area contributed by atoms with Gasteiger partial charge in [0.1, 0.15) is 5.69 Å². The molecule has 1 aliphatic rings. The van der Waals surface area contributed by atoms with E-state index < -0.39 is 11.7 Å². The molecule has 3 rings (SSSR count). The molecule has 0 unspecified atom stereocenters. The second-order valence-electron chi connectivity index (χ2n) is 5.70. The van der Waals surface area contributed by atoms with Crippen LogP contribution < -0.4 is 0 Å². The summed E-state index contributed by atoms with van der Waals surface area (Å²) in [4.78, 5) is 2.11. The molecule has 1 aliphatic heterocycles. The van der Waals surface area contributed by atoms with Gasteiger partial charge in [-0.2, -0.15) is 22.7 Å². The van der Waals surface area contributed by atoms with E-state index in [-0.39, 0.29) is 6.47 Å². The lowest BCUT2D eigenvalue weighted by Gasteiger charge is -2.31. The summed E-state index contributed by atoms with van der Waals surface area (Å²) in [5, 5.41) is 9.16. The number of halogens is 4. The predicted molar refractivity (Wildman–Crippen MR) is 83.4 cm³/mol. The molecular formula is C16H16F4N4O. The van der Waals surface area contributed by atoms with Crippen LogP contribution in [0.2, 0.25) is 0 Å². The molecule has 25 heavy (non-hydrogen) atoms. The normalized spacial score (nSPS) is 16.7. The van der Waals surface area contributed by atoms with Crippen molar-refractivity contribution >= 4 is 6.47 Å². The standard InChI is InChI=1S/C16H16F4N4O/c17-11-21-24-7-5-23(6-8-24)10-14-9-15(22-25-14)12-1-3-13(4-2-12)16(18,19)20/h1-4,9,11H,5-8,10H2/b21-11+. The lowest BCUT2D eigenvalue weighted by atomic mass is 10.1. The zero-order valence-electron chi connectivity index (χ0n) is 13.2. The van der Waals surface area contributed by atoms with Crippen LogP contribution >= 0.6 is 0 Å². The summed E-state index contributed by atoms with van der Waals surface area (Å²) in [6.45, 7) is 3.44. The highest BCUT2D eigenvalue weighted by molar-refractivity contribution is 5.59. The zero-order valence-corrected chi connectivity index (χ0v) is 13.2. The molecule has 0 amide bonds. The summed E-state index contributed by atoms with van der Waals surface area (Å²) in [7, 11) is 0. The van der Waals surface area contributed by atoms with Gasteiger partial charge < -0.3 is 4.52 Å². The molecular weight excluding hydrogens is 340 g/mol. The van der Waals surface area contributed by atoms with E-state index in [1.165, 1.54) is 12.1 Å². The maximum absolute atomic E-state index is 12.6. The maximum atomic E-state index is 12.6. The van der Waals surface area contributed by atoms with Crippen LogP contribution in [0.4, 0.5) is 17.6 Å². The zero-order chi connectivity index (χ0) is 17.9. The molecule has 2 heterocycles. The van der Waals surface area contributed by atoms with Crippen LogP contribution in [0.15, 0.2) is 40.0 Å². The third-order valence-electron chi connectivity index (χ3n) is 4.00. The highest BCUT2D eigenvalue weighted by atomic mass is 19.4. The van der Waals surface area contributed by atoms with Crippen molar-refractivity contribution in [2.75, 3.05) is 26.2 Å². The molecule has 0 radical (unpaired) electrons. The fourth-order valence-electron chi connectivity index (χ4n) is 2.65. The van der Waals surface area contributed by atoms with Gasteiger partial charge in [-0.15, -0.1) is 0 Å². The summed E-state index contributed by atoms with van der Waals surface area (Å²) >= 11 is 0. The molecule has 0 saturated carbocycles. The predicted octanol–water partition coefficient (Wildman–Crippen LogP) is 3.39. The number of aromatic nitrogens is 1. The Balaban J connectivity index is 1.61. The Morgan fingerprint density at radius 2 is 1.80 bits per heavy atom. The van der Waals surface area contributed by atoms with Crippen molar-refractivity contribution in [3.63, 3.8) is 0 Å². The number of nitrogens with zero attached hydrogens (tertiary/aromatic N) is 4. The van der Waals surface area contributed by atoms with Crippen molar-refractivity contribution in [3.05, 3.63) is 41.7 Å². The molecule has 9 heteroatoms. The van der Waals surface area contributed by atoms with Crippen LogP contribution in [0, 0.1) is 0 Å². The van der Waals surface area contributed by atoms with Crippen molar-refractivity contribution in [3.8, 4) is 11.3 Å². The summed E-state index contributed by atoms with van der Waals surface area (Å²) in [6, 6.07) is 6.51. The molecule has 0 bridgehead atoms. The fraction of sp³-hybridized carbons (Fsp3) is 0.375. The smallest absolute Gasteiger partial charge is 0.359 e. The monoisotopic (exact) mass is 356 g/mol. The number of piperazine rings is 1. The first kappa shape index (κ1) is 17.4. The average Bonchev–Trinajstić information content (AvgIpc) is 3.05. The van der Waals surface area contributed by atoms with Gasteiger partial charge in [-0.25, -0.2) is 0 Å². The second kappa shape index (κ2) is 7.22. The lowest BCUT2D eigenvalue weighted by Crippen LogP contribution is -2.43. The number of alkyl halides is 3. The van der Waals surface area contributed by atoms with Gasteiger partial charge in [0.2, 0.25) is 0 Å². The number of hydrogen-bond donors (Lipinski definition) is 0. The maximum Gasteiger partial charge on any atom is 0.416 e. The van der Waals surface area contributed by atoms with Crippen LogP contribution in [0.3, 0.4) is 0 Å². The van der Waals surface area contributed by atoms with E-state index in [4.69, 9.17) is 4.52 Å². The van der Waals surface area contributed by atoms with E-state index in [2.05, 4.69) is 15.2 Å². The molecule has 1 fully saturated rings. The number of hydrazone groups is 1. The number of rotatable bonds is 4. The van der Waals surface area contributed by atoms with Gasteiger partial charge in [0.15, 0.2) is 12.2 Å². The van der Waals surface area contributed by atoms with Gasteiger partial charge in [0.25, 0.3) is 0 Å². The Morgan fingerprint density at radius 1 is 1.12 bits per heavy atom. The highest BCUT2D eigenvalue weighted by Gasteiger charge is 2.30. The third kappa shape index (κ3) is 4.36. The Hall–Kier alpha value is -2.42. The molecule has 134 valence electrons. The first-order valence-electron chi connectivity index (χ1n) is 7.69. The lowest BCUT2D eigenvalue weighted by molar-refractivity contribution is -0.137. The van der Waals surface area contributed by atoms with Crippen molar-refractivity contribution in [2.24, 2.45) is 5.10 Å².